The predicted octanol–water partition coefficient (Wildman–Crippen LogP) is 1.99. The normalized spacial score (nSPS) is 31.7. The van der Waals surface area contributed by atoms with Gasteiger partial charge in [0.2, 0.25) is 5.91 Å². The first kappa shape index (κ1) is 15.3. The van der Waals surface area contributed by atoms with Gasteiger partial charge in [-0.05, 0) is 51.6 Å². The maximum Gasteiger partial charge on any atom is 0.236 e. The van der Waals surface area contributed by atoms with Crippen LogP contribution in [0.2, 0.25) is 0 Å². The quantitative estimate of drug-likeness (QED) is 0.861. The van der Waals surface area contributed by atoms with E-state index in [9.17, 15) is 4.79 Å². The van der Waals surface area contributed by atoms with E-state index in [1.807, 2.05) is 7.05 Å². The number of hydrogen-bond donors (Lipinski definition) is 1. The summed E-state index contributed by atoms with van der Waals surface area (Å²) in [6, 6.07) is 1.72. The van der Waals surface area contributed by atoms with Crippen LogP contribution in [0.5, 0.6) is 0 Å². The highest BCUT2D eigenvalue weighted by Gasteiger charge is 2.35. The van der Waals surface area contributed by atoms with Crippen LogP contribution >= 0.6 is 0 Å². The molecule has 120 valence electrons. The van der Waals surface area contributed by atoms with Gasteiger partial charge in [-0.2, -0.15) is 0 Å². The fourth-order valence-corrected chi connectivity index (χ4v) is 4.50. The standard InChI is InChI=1S/C17H31N3O/c1-19(14-7-3-2-4-8-14)17(21)13-20-12-6-10-16(20)15-9-5-11-18-15/h14-16,18H,2-13H2,1H3. The van der Waals surface area contributed by atoms with E-state index in [1.165, 1.54) is 57.8 Å². The number of carbonyl (C=O) groups excluding carboxylic acids is 1. The minimum absolute atomic E-state index is 0.340. The number of hydrogen-bond acceptors (Lipinski definition) is 3. The Hall–Kier alpha value is -0.610. The Kier molecular flexibility index (Phi) is 5.17. The van der Waals surface area contributed by atoms with Gasteiger partial charge >= 0.3 is 0 Å². The Bertz CT molecular complexity index is 348. The molecule has 2 aliphatic heterocycles. The molecular weight excluding hydrogens is 262 g/mol. The van der Waals surface area contributed by atoms with Gasteiger partial charge in [-0.1, -0.05) is 19.3 Å². The summed E-state index contributed by atoms with van der Waals surface area (Å²) in [5.41, 5.74) is 0. The second kappa shape index (κ2) is 7.10. The molecule has 1 N–H and O–H groups in total. The van der Waals surface area contributed by atoms with Crippen molar-refractivity contribution in [3.8, 4) is 0 Å². The maximum atomic E-state index is 12.6. The highest BCUT2D eigenvalue weighted by atomic mass is 16.2. The molecule has 3 aliphatic rings. The number of nitrogens with one attached hydrogen (secondary N) is 1. The van der Waals surface area contributed by atoms with Crippen LogP contribution in [0.25, 0.3) is 0 Å². The number of rotatable bonds is 4. The second-order valence-electron chi connectivity index (χ2n) is 7.18. The highest BCUT2D eigenvalue weighted by Crippen LogP contribution is 2.26. The summed E-state index contributed by atoms with van der Waals surface area (Å²) in [4.78, 5) is 17.1. The van der Waals surface area contributed by atoms with E-state index < -0.39 is 0 Å². The average Bonchev–Trinajstić information content (AvgIpc) is 3.18. The van der Waals surface area contributed by atoms with E-state index in [4.69, 9.17) is 0 Å². The molecular formula is C17H31N3O. The molecule has 21 heavy (non-hydrogen) atoms. The summed E-state index contributed by atoms with van der Waals surface area (Å²) in [6.45, 7) is 2.90. The zero-order valence-corrected chi connectivity index (χ0v) is 13.5. The lowest BCUT2D eigenvalue weighted by molar-refractivity contribution is -0.134. The van der Waals surface area contributed by atoms with Crippen molar-refractivity contribution >= 4 is 5.91 Å². The number of nitrogens with zero attached hydrogens (tertiary/aromatic N) is 2. The molecule has 2 unspecified atom stereocenters. The van der Waals surface area contributed by atoms with Crippen molar-refractivity contribution in [2.24, 2.45) is 0 Å². The molecule has 2 saturated heterocycles. The number of likely N-dealkylation sites (N-methyl/N-ethyl adjacent to an activating group) is 1. The molecule has 4 nitrogen and oxygen atoms in total. The van der Waals surface area contributed by atoms with E-state index in [0.29, 0.717) is 30.6 Å². The largest absolute Gasteiger partial charge is 0.342 e. The maximum absolute atomic E-state index is 12.6. The van der Waals surface area contributed by atoms with Crippen molar-refractivity contribution in [1.29, 1.82) is 0 Å². The predicted molar refractivity (Wildman–Crippen MR) is 85.3 cm³/mol. The Labute approximate surface area is 129 Å². The third kappa shape index (κ3) is 3.59. The first-order valence-electron chi connectivity index (χ1n) is 8.99. The lowest BCUT2D eigenvalue weighted by atomic mass is 9.94. The Balaban J connectivity index is 1.53. The first-order valence-corrected chi connectivity index (χ1v) is 8.99. The number of amides is 1. The zero-order valence-electron chi connectivity index (χ0n) is 13.5. The molecule has 1 amide bonds. The SMILES string of the molecule is CN(C(=O)CN1CCCC1C1CCCN1)C1CCCCC1. The van der Waals surface area contributed by atoms with Crippen LogP contribution < -0.4 is 5.32 Å². The highest BCUT2D eigenvalue weighted by molar-refractivity contribution is 5.78. The third-order valence-electron chi connectivity index (χ3n) is 5.83. The Morgan fingerprint density at radius 1 is 1.10 bits per heavy atom. The van der Waals surface area contributed by atoms with E-state index in [2.05, 4.69) is 15.1 Å². The molecule has 0 aromatic carbocycles. The minimum Gasteiger partial charge on any atom is -0.342 e. The van der Waals surface area contributed by atoms with Gasteiger partial charge in [0.25, 0.3) is 0 Å². The van der Waals surface area contributed by atoms with Gasteiger partial charge in [0, 0.05) is 25.2 Å². The molecule has 0 aromatic rings. The van der Waals surface area contributed by atoms with Crippen molar-refractivity contribution in [3.05, 3.63) is 0 Å². The monoisotopic (exact) mass is 293 g/mol. The van der Waals surface area contributed by atoms with Crippen LogP contribution in [0.3, 0.4) is 0 Å². The van der Waals surface area contributed by atoms with Crippen LogP contribution in [0.4, 0.5) is 0 Å². The van der Waals surface area contributed by atoms with Gasteiger partial charge in [-0.15, -0.1) is 0 Å². The molecule has 0 bridgehead atoms. The fourth-order valence-electron chi connectivity index (χ4n) is 4.50. The van der Waals surface area contributed by atoms with Crippen molar-refractivity contribution in [2.75, 3.05) is 26.7 Å². The summed E-state index contributed by atoms with van der Waals surface area (Å²) in [5, 5.41) is 3.63. The molecule has 0 aromatic heterocycles. The van der Waals surface area contributed by atoms with Crippen molar-refractivity contribution in [2.45, 2.75) is 75.9 Å². The van der Waals surface area contributed by atoms with Crippen LogP contribution in [0, 0.1) is 0 Å². The van der Waals surface area contributed by atoms with Crippen molar-refractivity contribution in [3.63, 3.8) is 0 Å². The molecule has 2 atom stereocenters. The van der Waals surface area contributed by atoms with Crippen molar-refractivity contribution in [1.82, 2.24) is 15.1 Å². The molecule has 3 rings (SSSR count). The second-order valence-corrected chi connectivity index (χ2v) is 7.18. The van der Waals surface area contributed by atoms with E-state index in [-0.39, 0.29) is 0 Å². The van der Waals surface area contributed by atoms with Crippen LogP contribution in [-0.4, -0.2) is 60.5 Å². The lowest BCUT2D eigenvalue weighted by Gasteiger charge is -2.34. The van der Waals surface area contributed by atoms with Gasteiger partial charge in [-0.3, -0.25) is 9.69 Å². The van der Waals surface area contributed by atoms with Gasteiger partial charge in [0.1, 0.15) is 0 Å². The Morgan fingerprint density at radius 2 is 1.90 bits per heavy atom. The summed E-state index contributed by atoms with van der Waals surface area (Å²) in [7, 11) is 2.03. The molecule has 4 heteroatoms. The van der Waals surface area contributed by atoms with E-state index in [0.717, 1.165) is 13.1 Å². The molecule has 2 heterocycles. The topological polar surface area (TPSA) is 35.6 Å². The van der Waals surface area contributed by atoms with Gasteiger partial charge in [0.05, 0.1) is 6.54 Å². The minimum atomic E-state index is 0.340. The average molecular weight is 293 g/mol. The summed E-state index contributed by atoms with van der Waals surface area (Å²) in [6.07, 6.45) is 11.4. The summed E-state index contributed by atoms with van der Waals surface area (Å²) < 4.78 is 0. The Morgan fingerprint density at radius 3 is 2.62 bits per heavy atom. The molecule has 0 spiro atoms. The third-order valence-corrected chi connectivity index (χ3v) is 5.83. The summed E-state index contributed by atoms with van der Waals surface area (Å²) >= 11 is 0. The fraction of sp³-hybridized carbons (Fsp3) is 0.941. The van der Waals surface area contributed by atoms with Gasteiger partial charge < -0.3 is 10.2 Å². The van der Waals surface area contributed by atoms with Crippen LogP contribution in [0.1, 0.15) is 57.8 Å². The van der Waals surface area contributed by atoms with Crippen LogP contribution in [-0.2, 0) is 4.79 Å². The molecule has 0 radical (unpaired) electrons. The lowest BCUT2D eigenvalue weighted by Crippen LogP contribution is -2.49. The molecule has 3 fully saturated rings. The number of likely N-dealkylation sites (tertiary alicyclic amines) is 1. The van der Waals surface area contributed by atoms with E-state index >= 15 is 0 Å². The van der Waals surface area contributed by atoms with Crippen molar-refractivity contribution < 1.29 is 4.79 Å². The first-order chi connectivity index (χ1) is 10.3. The van der Waals surface area contributed by atoms with Crippen LogP contribution in [0.15, 0.2) is 0 Å². The van der Waals surface area contributed by atoms with Gasteiger partial charge in [-0.25, -0.2) is 0 Å². The van der Waals surface area contributed by atoms with E-state index in [1.54, 1.807) is 0 Å². The molecule has 1 aliphatic carbocycles. The molecule has 1 saturated carbocycles. The summed E-state index contributed by atoms with van der Waals surface area (Å²) in [5.74, 6) is 0.340. The zero-order chi connectivity index (χ0) is 14.7. The number of carbonyl (C=O) groups is 1. The van der Waals surface area contributed by atoms with Gasteiger partial charge in [0.15, 0.2) is 0 Å². The smallest absolute Gasteiger partial charge is 0.236 e.